The number of benzene rings is 1. The van der Waals surface area contributed by atoms with E-state index in [4.69, 9.17) is 5.73 Å². The zero-order chi connectivity index (χ0) is 10.1. The van der Waals surface area contributed by atoms with Crippen molar-refractivity contribution in [2.24, 2.45) is 12.8 Å². The van der Waals surface area contributed by atoms with Gasteiger partial charge in [0.1, 0.15) is 0 Å². The molecule has 0 amide bonds. The molecule has 0 spiro atoms. The van der Waals surface area contributed by atoms with Gasteiger partial charge in [0, 0.05) is 35.9 Å². The molecule has 1 aromatic carbocycles. The van der Waals surface area contributed by atoms with Gasteiger partial charge < -0.3 is 10.3 Å². The summed E-state index contributed by atoms with van der Waals surface area (Å²) < 4.78 is 2.17. The number of rotatable bonds is 2. The average molecular weight is 206 g/mol. The van der Waals surface area contributed by atoms with Crippen molar-refractivity contribution in [3.63, 3.8) is 0 Å². The number of nitrogens with two attached hydrogens (primary N) is 1. The first-order valence-corrected chi connectivity index (χ1v) is 5.27. The number of aromatic nitrogens is 1. The van der Waals surface area contributed by atoms with E-state index >= 15 is 0 Å². The van der Waals surface area contributed by atoms with E-state index in [9.17, 15) is 0 Å². The standard InChI is InChI=1S/C11H14N2S/c1-13-10(7-14)5-9-4-8(6-12)2-3-11(9)13/h2-5,14H,6-7,12H2,1H3. The molecule has 2 rings (SSSR count). The Labute approximate surface area is 89.1 Å². The van der Waals surface area contributed by atoms with Crippen LogP contribution in [0.25, 0.3) is 10.9 Å². The van der Waals surface area contributed by atoms with Crippen LogP contribution in [0.1, 0.15) is 11.3 Å². The molecule has 1 aromatic heterocycles. The van der Waals surface area contributed by atoms with E-state index in [1.54, 1.807) is 0 Å². The highest BCUT2D eigenvalue weighted by Gasteiger charge is 2.04. The van der Waals surface area contributed by atoms with Crippen LogP contribution in [0.5, 0.6) is 0 Å². The minimum absolute atomic E-state index is 0.598. The van der Waals surface area contributed by atoms with Gasteiger partial charge in [-0.2, -0.15) is 12.6 Å². The molecule has 3 heteroatoms. The van der Waals surface area contributed by atoms with Crippen LogP contribution < -0.4 is 5.73 Å². The van der Waals surface area contributed by atoms with E-state index in [1.807, 2.05) is 0 Å². The molecule has 0 unspecified atom stereocenters. The summed E-state index contributed by atoms with van der Waals surface area (Å²) in [5, 5.41) is 1.25. The fourth-order valence-electron chi connectivity index (χ4n) is 1.73. The van der Waals surface area contributed by atoms with Crippen LogP contribution in [-0.2, 0) is 19.3 Å². The summed E-state index contributed by atoms with van der Waals surface area (Å²) in [4.78, 5) is 0. The molecule has 1 heterocycles. The molecular formula is C11H14N2S. The number of hydrogen-bond acceptors (Lipinski definition) is 2. The fourth-order valence-corrected chi connectivity index (χ4v) is 2.04. The van der Waals surface area contributed by atoms with Crippen LogP contribution in [0.15, 0.2) is 24.3 Å². The van der Waals surface area contributed by atoms with E-state index in [-0.39, 0.29) is 0 Å². The van der Waals surface area contributed by atoms with Gasteiger partial charge in [-0.05, 0) is 23.8 Å². The lowest BCUT2D eigenvalue weighted by molar-refractivity contribution is 0.910. The first kappa shape index (κ1) is 9.62. The molecule has 2 nitrogen and oxygen atoms in total. The number of nitrogens with zero attached hydrogens (tertiary/aromatic N) is 1. The van der Waals surface area contributed by atoms with Gasteiger partial charge in [0.25, 0.3) is 0 Å². The van der Waals surface area contributed by atoms with Crippen LogP contribution >= 0.6 is 12.6 Å². The van der Waals surface area contributed by atoms with Crippen LogP contribution in [0.3, 0.4) is 0 Å². The first-order chi connectivity index (χ1) is 6.76. The van der Waals surface area contributed by atoms with Crippen LogP contribution in [0, 0.1) is 0 Å². The second kappa shape index (κ2) is 3.67. The molecule has 0 aliphatic heterocycles. The number of hydrogen-bond donors (Lipinski definition) is 2. The van der Waals surface area contributed by atoms with Gasteiger partial charge in [0.15, 0.2) is 0 Å². The normalized spacial score (nSPS) is 11.1. The molecule has 2 N–H and O–H groups in total. The average Bonchev–Trinajstić information content (AvgIpc) is 2.55. The molecule has 0 bridgehead atoms. The molecule has 0 saturated carbocycles. The van der Waals surface area contributed by atoms with E-state index in [0.717, 1.165) is 5.75 Å². The SMILES string of the molecule is Cn1c(CS)cc2cc(CN)ccc21. The highest BCUT2D eigenvalue weighted by Crippen LogP contribution is 2.21. The summed E-state index contributed by atoms with van der Waals surface area (Å²) in [7, 11) is 2.07. The Morgan fingerprint density at radius 1 is 1.36 bits per heavy atom. The summed E-state index contributed by atoms with van der Waals surface area (Å²) in [6.45, 7) is 0.598. The summed E-state index contributed by atoms with van der Waals surface area (Å²) >= 11 is 4.29. The van der Waals surface area contributed by atoms with Gasteiger partial charge in [-0.3, -0.25) is 0 Å². The van der Waals surface area contributed by atoms with Gasteiger partial charge in [-0.1, -0.05) is 6.07 Å². The molecule has 0 aliphatic rings. The van der Waals surface area contributed by atoms with Crippen molar-refractivity contribution in [1.29, 1.82) is 0 Å². The Kier molecular flexibility index (Phi) is 2.52. The monoisotopic (exact) mass is 206 g/mol. The third-order valence-corrected chi connectivity index (χ3v) is 2.93. The lowest BCUT2D eigenvalue weighted by Crippen LogP contribution is -1.96. The fraction of sp³-hybridized carbons (Fsp3) is 0.273. The molecule has 0 aliphatic carbocycles. The first-order valence-electron chi connectivity index (χ1n) is 4.64. The Morgan fingerprint density at radius 3 is 2.79 bits per heavy atom. The highest BCUT2D eigenvalue weighted by molar-refractivity contribution is 7.79. The molecule has 0 radical (unpaired) electrons. The van der Waals surface area contributed by atoms with E-state index in [0.29, 0.717) is 6.54 Å². The zero-order valence-electron chi connectivity index (χ0n) is 8.20. The molecule has 0 fully saturated rings. The van der Waals surface area contributed by atoms with Crippen LogP contribution in [0.2, 0.25) is 0 Å². The van der Waals surface area contributed by atoms with Gasteiger partial charge in [0.2, 0.25) is 0 Å². The molecule has 0 atom stereocenters. The zero-order valence-corrected chi connectivity index (χ0v) is 9.09. The van der Waals surface area contributed by atoms with Crippen molar-refractivity contribution < 1.29 is 0 Å². The van der Waals surface area contributed by atoms with Crippen molar-refractivity contribution in [3.8, 4) is 0 Å². The van der Waals surface area contributed by atoms with E-state index < -0.39 is 0 Å². The number of thiol groups is 1. The minimum atomic E-state index is 0.598. The number of aryl methyl sites for hydroxylation is 1. The van der Waals surface area contributed by atoms with Gasteiger partial charge in [-0.15, -0.1) is 0 Å². The Morgan fingerprint density at radius 2 is 2.14 bits per heavy atom. The summed E-state index contributed by atoms with van der Waals surface area (Å²) in [5.74, 6) is 0.767. The summed E-state index contributed by atoms with van der Waals surface area (Å²) in [5.41, 5.74) is 9.25. The maximum Gasteiger partial charge on any atom is 0.0480 e. The second-order valence-electron chi connectivity index (χ2n) is 3.45. The summed E-state index contributed by atoms with van der Waals surface area (Å²) in [6.07, 6.45) is 0. The molecular weight excluding hydrogens is 192 g/mol. The predicted octanol–water partition coefficient (Wildman–Crippen LogP) is 2.07. The van der Waals surface area contributed by atoms with Gasteiger partial charge >= 0.3 is 0 Å². The van der Waals surface area contributed by atoms with Gasteiger partial charge in [0.05, 0.1) is 0 Å². The number of fused-ring (bicyclic) bond motifs is 1. The third kappa shape index (κ3) is 1.42. The van der Waals surface area contributed by atoms with Crippen molar-refractivity contribution in [2.45, 2.75) is 12.3 Å². The predicted molar refractivity (Wildman–Crippen MR) is 63.5 cm³/mol. The second-order valence-corrected chi connectivity index (χ2v) is 3.77. The Balaban J connectivity index is 2.66. The highest BCUT2D eigenvalue weighted by atomic mass is 32.1. The smallest absolute Gasteiger partial charge is 0.0480 e. The van der Waals surface area contributed by atoms with Crippen molar-refractivity contribution in [3.05, 3.63) is 35.5 Å². The van der Waals surface area contributed by atoms with Crippen molar-refractivity contribution >= 4 is 23.5 Å². The van der Waals surface area contributed by atoms with Crippen LogP contribution in [0.4, 0.5) is 0 Å². The lowest BCUT2D eigenvalue weighted by Gasteiger charge is -2.01. The van der Waals surface area contributed by atoms with Gasteiger partial charge in [-0.25, -0.2) is 0 Å². The lowest BCUT2D eigenvalue weighted by atomic mass is 10.1. The van der Waals surface area contributed by atoms with Crippen molar-refractivity contribution in [1.82, 2.24) is 4.57 Å². The summed E-state index contributed by atoms with van der Waals surface area (Å²) in [6, 6.07) is 8.50. The maximum absolute atomic E-state index is 5.60. The van der Waals surface area contributed by atoms with E-state index in [2.05, 4.69) is 48.5 Å². The quantitative estimate of drug-likeness (QED) is 0.724. The largest absolute Gasteiger partial charge is 0.347 e. The van der Waals surface area contributed by atoms with Crippen LogP contribution in [-0.4, -0.2) is 4.57 Å². The molecule has 0 saturated heterocycles. The molecule has 14 heavy (non-hydrogen) atoms. The Bertz CT molecular complexity index is 460. The van der Waals surface area contributed by atoms with Crippen molar-refractivity contribution in [2.75, 3.05) is 0 Å². The topological polar surface area (TPSA) is 30.9 Å². The maximum atomic E-state index is 5.60. The third-order valence-electron chi connectivity index (χ3n) is 2.60. The molecule has 74 valence electrons. The minimum Gasteiger partial charge on any atom is -0.347 e. The van der Waals surface area contributed by atoms with E-state index in [1.165, 1.54) is 22.2 Å². The molecule has 2 aromatic rings. The Hall–Kier alpha value is -0.930.